The van der Waals surface area contributed by atoms with Gasteiger partial charge < -0.3 is 19.5 Å². The fourth-order valence-corrected chi connectivity index (χ4v) is 1.30. The molecule has 0 aromatic heterocycles. The first kappa shape index (κ1) is 15.1. The van der Waals surface area contributed by atoms with Crippen LogP contribution in [-0.2, 0) is 14.2 Å². The van der Waals surface area contributed by atoms with E-state index in [4.69, 9.17) is 25.8 Å². The molecular weight excluding hydrogens is 218 g/mol. The van der Waals surface area contributed by atoms with Gasteiger partial charge in [-0.05, 0) is 6.42 Å². The molecule has 0 amide bonds. The van der Waals surface area contributed by atoms with Crippen LogP contribution in [0, 0.1) is 0 Å². The molecule has 92 valence electrons. The highest BCUT2D eigenvalue weighted by molar-refractivity contribution is 6.18. The third-order valence-electron chi connectivity index (χ3n) is 1.87. The number of nitrogens with one attached hydrogen (secondary N) is 1. The molecule has 1 atom stereocenters. The highest BCUT2D eigenvalue weighted by Crippen LogP contribution is 1.89. The molecule has 5 heteroatoms. The molecule has 4 nitrogen and oxygen atoms in total. The Morgan fingerprint density at radius 3 is 2.53 bits per heavy atom. The Labute approximate surface area is 97.2 Å². The van der Waals surface area contributed by atoms with Crippen LogP contribution in [0.3, 0.4) is 0 Å². The first-order valence-electron chi connectivity index (χ1n) is 5.20. The van der Waals surface area contributed by atoms with Gasteiger partial charge in [0.2, 0.25) is 0 Å². The molecule has 0 heterocycles. The molecule has 0 aromatic carbocycles. The van der Waals surface area contributed by atoms with Gasteiger partial charge in [0, 0.05) is 45.9 Å². The molecule has 0 saturated heterocycles. The van der Waals surface area contributed by atoms with Crippen LogP contribution < -0.4 is 5.32 Å². The van der Waals surface area contributed by atoms with Gasteiger partial charge in [0.25, 0.3) is 0 Å². The fraction of sp³-hybridized carbons (Fsp3) is 1.00. The molecule has 0 aliphatic carbocycles. The van der Waals surface area contributed by atoms with Crippen LogP contribution >= 0.6 is 11.6 Å². The summed E-state index contributed by atoms with van der Waals surface area (Å²) in [6.07, 6.45) is 0.938. The quantitative estimate of drug-likeness (QED) is 0.429. The average Bonchev–Trinajstić information content (AvgIpc) is 2.26. The maximum absolute atomic E-state index is 5.73. The van der Waals surface area contributed by atoms with Gasteiger partial charge in [-0.2, -0.15) is 0 Å². The van der Waals surface area contributed by atoms with E-state index in [1.807, 2.05) is 0 Å². The minimum absolute atomic E-state index is 0.208. The molecule has 0 aromatic rings. The minimum atomic E-state index is 0.208. The molecule has 0 rings (SSSR count). The summed E-state index contributed by atoms with van der Waals surface area (Å²) in [5, 5.41) is 3.25. The van der Waals surface area contributed by atoms with Crippen molar-refractivity contribution in [2.24, 2.45) is 0 Å². The topological polar surface area (TPSA) is 39.7 Å². The molecule has 15 heavy (non-hydrogen) atoms. The van der Waals surface area contributed by atoms with E-state index in [9.17, 15) is 0 Å². The first-order chi connectivity index (χ1) is 7.35. The predicted octanol–water partition coefficient (Wildman–Crippen LogP) is 0.883. The number of hydrogen-bond acceptors (Lipinski definition) is 4. The second-order valence-corrected chi connectivity index (χ2v) is 3.53. The van der Waals surface area contributed by atoms with Crippen LogP contribution in [0.15, 0.2) is 0 Å². The van der Waals surface area contributed by atoms with Crippen molar-refractivity contribution in [1.82, 2.24) is 5.32 Å². The maximum atomic E-state index is 5.73. The monoisotopic (exact) mass is 239 g/mol. The van der Waals surface area contributed by atoms with E-state index in [2.05, 4.69) is 5.32 Å². The van der Waals surface area contributed by atoms with Crippen molar-refractivity contribution < 1.29 is 14.2 Å². The van der Waals surface area contributed by atoms with E-state index in [0.29, 0.717) is 19.1 Å². The zero-order valence-corrected chi connectivity index (χ0v) is 10.4. The lowest BCUT2D eigenvalue weighted by molar-refractivity contribution is 0.1000. The summed E-state index contributed by atoms with van der Waals surface area (Å²) < 4.78 is 15.3. The molecule has 0 fully saturated rings. The third-order valence-corrected chi connectivity index (χ3v) is 2.24. The second-order valence-electron chi connectivity index (χ2n) is 3.22. The second kappa shape index (κ2) is 12.2. The molecule has 1 N–H and O–H groups in total. The minimum Gasteiger partial charge on any atom is -0.385 e. The van der Waals surface area contributed by atoms with Gasteiger partial charge in [-0.1, -0.05) is 0 Å². The molecule has 0 spiro atoms. The number of rotatable bonds is 11. The van der Waals surface area contributed by atoms with Gasteiger partial charge in [0.05, 0.1) is 13.2 Å². The summed E-state index contributed by atoms with van der Waals surface area (Å²) in [7, 11) is 3.36. The van der Waals surface area contributed by atoms with Crippen LogP contribution in [0.25, 0.3) is 0 Å². The zero-order valence-electron chi connectivity index (χ0n) is 9.63. The Kier molecular flexibility index (Phi) is 12.3. The van der Waals surface area contributed by atoms with E-state index in [-0.39, 0.29) is 6.04 Å². The van der Waals surface area contributed by atoms with Gasteiger partial charge in [-0.15, -0.1) is 11.6 Å². The normalized spacial score (nSPS) is 13.0. The molecule has 0 aliphatic heterocycles. The van der Waals surface area contributed by atoms with Gasteiger partial charge in [0.15, 0.2) is 0 Å². The van der Waals surface area contributed by atoms with Crippen molar-refractivity contribution in [1.29, 1.82) is 0 Å². The number of alkyl halides is 1. The summed E-state index contributed by atoms with van der Waals surface area (Å²) in [4.78, 5) is 0. The zero-order chi connectivity index (χ0) is 11.4. The van der Waals surface area contributed by atoms with E-state index >= 15 is 0 Å². The van der Waals surface area contributed by atoms with E-state index < -0.39 is 0 Å². The lowest BCUT2D eigenvalue weighted by Gasteiger charge is -2.14. The summed E-state index contributed by atoms with van der Waals surface area (Å²) in [6.45, 7) is 3.62. The summed E-state index contributed by atoms with van der Waals surface area (Å²) in [5.41, 5.74) is 0. The lowest BCUT2D eigenvalue weighted by atomic mass is 10.3. The van der Waals surface area contributed by atoms with Crippen LogP contribution in [0.1, 0.15) is 6.42 Å². The van der Waals surface area contributed by atoms with Crippen molar-refractivity contribution in [3.63, 3.8) is 0 Å². The van der Waals surface area contributed by atoms with E-state index in [0.717, 1.165) is 26.2 Å². The highest BCUT2D eigenvalue weighted by Gasteiger charge is 2.04. The van der Waals surface area contributed by atoms with Crippen LogP contribution in [0.4, 0.5) is 0 Å². The van der Waals surface area contributed by atoms with Gasteiger partial charge in [-0.3, -0.25) is 0 Å². The molecule has 0 saturated carbocycles. The molecule has 0 aliphatic rings. The molecule has 1 unspecified atom stereocenters. The number of methoxy groups -OCH3 is 2. The Balaban J connectivity index is 3.14. The number of hydrogen-bond donors (Lipinski definition) is 1. The summed E-state index contributed by atoms with van der Waals surface area (Å²) in [6, 6.07) is 0.208. The summed E-state index contributed by atoms with van der Waals surface area (Å²) in [5.74, 6) is 0.553. The van der Waals surface area contributed by atoms with Crippen LogP contribution in [0.2, 0.25) is 0 Å². The van der Waals surface area contributed by atoms with Crippen molar-refractivity contribution in [3.05, 3.63) is 0 Å². The Bertz CT molecular complexity index is 127. The van der Waals surface area contributed by atoms with Crippen molar-refractivity contribution in [3.8, 4) is 0 Å². The van der Waals surface area contributed by atoms with Crippen molar-refractivity contribution in [2.75, 3.05) is 53.1 Å². The maximum Gasteiger partial charge on any atom is 0.0627 e. The van der Waals surface area contributed by atoms with Gasteiger partial charge >= 0.3 is 0 Å². The van der Waals surface area contributed by atoms with Crippen molar-refractivity contribution >= 4 is 11.6 Å². The highest BCUT2D eigenvalue weighted by atomic mass is 35.5. The van der Waals surface area contributed by atoms with E-state index in [1.165, 1.54) is 0 Å². The van der Waals surface area contributed by atoms with E-state index in [1.54, 1.807) is 14.2 Å². The Morgan fingerprint density at radius 2 is 1.93 bits per heavy atom. The lowest BCUT2D eigenvalue weighted by Crippen LogP contribution is -2.37. The first-order valence-corrected chi connectivity index (χ1v) is 5.73. The predicted molar refractivity (Wildman–Crippen MR) is 61.7 cm³/mol. The Morgan fingerprint density at radius 1 is 1.13 bits per heavy atom. The molecule has 0 radical (unpaired) electrons. The molecule has 0 bridgehead atoms. The van der Waals surface area contributed by atoms with Crippen molar-refractivity contribution in [2.45, 2.75) is 12.5 Å². The molecular formula is C10H22ClNO3. The standard InChI is InChI=1S/C10H22ClNO3/c1-13-5-3-6-15-7-4-12-10(8-11)9-14-2/h10,12H,3-9H2,1-2H3. The largest absolute Gasteiger partial charge is 0.385 e. The van der Waals surface area contributed by atoms with Gasteiger partial charge in [-0.25, -0.2) is 0 Å². The smallest absolute Gasteiger partial charge is 0.0627 e. The summed E-state index contributed by atoms with van der Waals surface area (Å²) >= 11 is 5.73. The SMILES string of the molecule is COCCCOCCNC(CCl)COC. The third kappa shape index (κ3) is 10.4. The number of halogens is 1. The Hall–Kier alpha value is 0.130. The van der Waals surface area contributed by atoms with Crippen LogP contribution in [0.5, 0.6) is 0 Å². The fourth-order valence-electron chi connectivity index (χ4n) is 1.10. The average molecular weight is 240 g/mol. The van der Waals surface area contributed by atoms with Crippen LogP contribution in [-0.4, -0.2) is 59.1 Å². The number of ether oxygens (including phenoxy) is 3. The van der Waals surface area contributed by atoms with Gasteiger partial charge in [0.1, 0.15) is 0 Å².